The van der Waals surface area contributed by atoms with Crippen LogP contribution in [0.4, 0.5) is 5.13 Å². The van der Waals surface area contributed by atoms with E-state index in [4.69, 9.17) is 10.7 Å². The van der Waals surface area contributed by atoms with E-state index < -0.39 is 0 Å². The van der Waals surface area contributed by atoms with Gasteiger partial charge in [-0.3, -0.25) is 0 Å². The van der Waals surface area contributed by atoms with Gasteiger partial charge in [-0.15, -0.1) is 0 Å². The Bertz CT molecular complexity index is 475. The molecule has 1 aromatic heterocycles. The van der Waals surface area contributed by atoms with Crippen molar-refractivity contribution < 1.29 is 0 Å². The van der Waals surface area contributed by atoms with Gasteiger partial charge in [0.1, 0.15) is 0 Å². The quantitative estimate of drug-likeness (QED) is 0.906. The number of rotatable bonds is 3. The largest absolute Gasteiger partial charge is 0.345 e. The molecule has 2 aromatic rings. The third-order valence-corrected chi connectivity index (χ3v) is 4.48. The zero-order valence-electron chi connectivity index (χ0n) is 9.80. The Balaban J connectivity index is 1.92. The minimum Gasteiger partial charge on any atom is -0.345 e. The Hall–Kier alpha value is -1.13. The highest BCUT2D eigenvalue weighted by atomic mass is 32.1. The summed E-state index contributed by atoms with van der Waals surface area (Å²) in [5.41, 5.74) is 6.80. The van der Waals surface area contributed by atoms with E-state index >= 15 is 0 Å². The van der Waals surface area contributed by atoms with Crippen LogP contribution in [0.3, 0.4) is 0 Å². The van der Waals surface area contributed by atoms with Gasteiger partial charge in [0.25, 0.3) is 0 Å². The molecule has 1 atom stereocenters. The summed E-state index contributed by atoms with van der Waals surface area (Å²) in [6.07, 6.45) is 3.60. The summed E-state index contributed by atoms with van der Waals surface area (Å²) in [4.78, 5) is 7.17. The molecule has 1 aliphatic rings. The van der Waals surface area contributed by atoms with Gasteiger partial charge in [0.2, 0.25) is 0 Å². The summed E-state index contributed by atoms with van der Waals surface area (Å²) < 4.78 is 1.28. The summed E-state index contributed by atoms with van der Waals surface area (Å²) in [7, 11) is 0. The van der Waals surface area contributed by atoms with E-state index in [-0.39, 0.29) is 0 Å². The molecule has 0 amide bonds. The number of anilines is 1. The minimum absolute atomic E-state index is 0.598. The number of nitrogens with zero attached hydrogens (tertiary/aromatic N) is 2. The number of benzene rings is 1. The van der Waals surface area contributed by atoms with Crippen LogP contribution in [0.15, 0.2) is 24.3 Å². The maximum Gasteiger partial charge on any atom is 0.186 e. The lowest BCUT2D eigenvalue weighted by molar-refractivity contribution is 0.618. The van der Waals surface area contributed by atoms with Gasteiger partial charge in [0.05, 0.1) is 10.2 Å². The molecule has 1 aromatic carbocycles. The number of fused-ring (bicyclic) bond motifs is 1. The highest BCUT2D eigenvalue weighted by Crippen LogP contribution is 2.33. The minimum atomic E-state index is 0.598. The number of thiazole rings is 1. The molecule has 90 valence electrons. The smallest absolute Gasteiger partial charge is 0.186 e. The van der Waals surface area contributed by atoms with E-state index in [2.05, 4.69) is 23.1 Å². The third kappa shape index (κ3) is 2.03. The van der Waals surface area contributed by atoms with Gasteiger partial charge in [0, 0.05) is 12.6 Å². The Kier molecular flexibility index (Phi) is 2.99. The van der Waals surface area contributed by atoms with E-state index in [9.17, 15) is 0 Å². The van der Waals surface area contributed by atoms with Crippen molar-refractivity contribution in [3.8, 4) is 0 Å². The van der Waals surface area contributed by atoms with Gasteiger partial charge in [0.15, 0.2) is 5.13 Å². The molecule has 0 spiro atoms. The first-order chi connectivity index (χ1) is 8.38. The zero-order chi connectivity index (χ0) is 11.7. The molecule has 4 heteroatoms. The van der Waals surface area contributed by atoms with Crippen molar-refractivity contribution in [3.05, 3.63) is 24.3 Å². The molecule has 1 saturated heterocycles. The molecule has 2 N–H and O–H groups in total. The summed E-state index contributed by atoms with van der Waals surface area (Å²) in [5.74, 6) is 0. The van der Waals surface area contributed by atoms with Crippen molar-refractivity contribution in [2.45, 2.75) is 25.3 Å². The van der Waals surface area contributed by atoms with Gasteiger partial charge >= 0.3 is 0 Å². The highest BCUT2D eigenvalue weighted by molar-refractivity contribution is 7.22. The van der Waals surface area contributed by atoms with Gasteiger partial charge in [-0.25, -0.2) is 4.98 Å². The monoisotopic (exact) mass is 247 g/mol. The zero-order valence-corrected chi connectivity index (χ0v) is 10.6. The molecule has 0 bridgehead atoms. The molecule has 0 saturated carbocycles. The number of nitrogens with two attached hydrogens (primary N) is 1. The van der Waals surface area contributed by atoms with Crippen molar-refractivity contribution in [2.75, 3.05) is 18.0 Å². The van der Waals surface area contributed by atoms with Crippen LogP contribution in [0.1, 0.15) is 19.3 Å². The standard InChI is InChI=1S/C13H17N3S/c14-8-7-10-4-3-9-16(10)13-15-11-5-1-2-6-12(11)17-13/h1-2,5-6,10H,3-4,7-9,14H2. The van der Waals surface area contributed by atoms with Crippen molar-refractivity contribution in [2.24, 2.45) is 5.73 Å². The van der Waals surface area contributed by atoms with Crippen LogP contribution in [0.25, 0.3) is 10.2 Å². The molecule has 3 nitrogen and oxygen atoms in total. The van der Waals surface area contributed by atoms with E-state index in [1.807, 2.05) is 6.07 Å². The molecular formula is C13H17N3S. The maximum absolute atomic E-state index is 5.68. The lowest BCUT2D eigenvalue weighted by Crippen LogP contribution is -2.30. The lowest BCUT2D eigenvalue weighted by Gasteiger charge is -2.23. The van der Waals surface area contributed by atoms with E-state index in [0.29, 0.717) is 6.04 Å². The molecule has 17 heavy (non-hydrogen) atoms. The van der Waals surface area contributed by atoms with Crippen LogP contribution in [-0.2, 0) is 0 Å². The molecule has 1 aliphatic heterocycles. The van der Waals surface area contributed by atoms with E-state index in [0.717, 1.165) is 25.0 Å². The molecule has 1 unspecified atom stereocenters. The SMILES string of the molecule is NCCC1CCCN1c1nc2ccccc2s1. The fraction of sp³-hybridized carbons (Fsp3) is 0.462. The Labute approximate surface area is 105 Å². The predicted molar refractivity (Wildman–Crippen MR) is 73.7 cm³/mol. The number of para-hydroxylation sites is 1. The maximum atomic E-state index is 5.68. The second kappa shape index (κ2) is 4.63. The number of hydrogen-bond acceptors (Lipinski definition) is 4. The van der Waals surface area contributed by atoms with Crippen LogP contribution in [0.5, 0.6) is 0 Å². The van der Waals surface area contributed by atoms with Crippen molar-refractivity contribution in [3.63, 3.8) is 0 Å². The molecule has 0 aliphatic carbocycles. The second-order valence-electron chi connectivity index (χ2n) is 4.53. The first-order valence-corrected chi connectivity index (χ1v) is 7.02. The normalized spacial score (nSPS) is 20.3. The molecule has 1 fully saturated rings. The van der Waals surface area contributed by atoms with E-state index in [1.165, 1.54) is 22.7 Å². The first kappa shape index (κ1) is 11.0. The highest BCUT2D eigenvalue weighted by Gasteiger charge is 2.26. The predicted octanol–water partition coefficient (Wildman–Crippen LogP) is 2.61. The summed E-state index contributed by atoms with van der Waals surface area (Å²) in [6, 6.07) is 8.95. The van der Waals surface area contributed by atoms with Gasteiger partial charge in [-0.1, -0.05) is 23.5 Å². The molecular weight excluding hydrogens is 230 g/mol. The van der Waals surface area contributed by atoms with Crippen LogP contribution in [0.2, 0.25) is 0 Å². The summed E-state index contributed by atoms with van der Waals surface area (Å²) >= 11 is 1.80. The third-order valence-electron chi connectivity index (χ3n) is 3.41. The Morgan fingerprint density at radius 3 is 3.12 bits per heavy atom. The fourth-order valence-electron chi connectivity index (χ4n) is 2.56. The van der Waals surface area contributed by atoms with Crippen LogP contribution in [0, 0.1) is 0 Å². The van der Waals surface area contributed by atoms with Crippen molar-refractivity contribution in [1.29, 1.82) is 0 Å². The number of hydrogen-bond donors (Lipinski definition) is 1. The van der Waals surface area contributed by atoms with Crippen LogP contribution < -0.4 is 10.6 Å². The lowest BCUT2D eigenvalue weighted by atomic mass is 10.1. The van der Waals surface area contributed by atoms with Crippen molar-refractivity contribution in [1.82, 2.24) is 4.98 Å². The first-order valence-electron chi connectivity index (χ1n) is 6.21. The van der Waals surface area contributed by atoms with E-state index in [1.54, 1.807) is 11.3 Å². The molecule has 3 rings (SSSR count). The Morgan fingerprint density at radius 1 is 1.41 bits per heavy atom. The fourth-order valence-corrected chi connectivity index (χ4v) is 3.63. The van der Waals surface area contributed by atoms with Crippen molar-refractivity contribution >= 4 is 26.7 Å². The topological polar surface area (TPSA) is 42.1 Å². The number of aromatic nitrogens is 1. The van der Waals surface area contributed by atoms with Crippen LogP contribution >= 0.6 is 11.3 Å². The average Bonchev–Trinajstić information content (AvgIpc) is 2.94. The molecule has 2 heterocycles. The van der Waals surface area contributed by atoms with Gasteiger partial charge in [-0.2, -0.15) is 0 Å². The summed E-state index contributed by atoms with van der Waals surface area (Å²) in [6.45, 7) is 1.90. The van der Waals surface area contributed by atoms with Crippen LogP contribution in [-0.4, -0.2) is 24.1 Å². The summed E-state index contributed by atoms with van der Waals surface area (Å²) in [5, 5.41) is 1.17. The Morgan fingerprint density at radius 2 is 2.29 bits per heavy atom. The molecule has 0 radical (unpaired) electrons. The second-order valence-corrected chi connectivity index (χ2v) is 5.54. The van der Waals surface area contributed by atoms with Gasteiger partial charge in [-0.05, 0) is 37.9 Å². The van der Waals surface area contributed by atoms with Gasteiger partial charge < -0.3 is 10.6 Å². The average molecular weight is 247 g/mol.